The fraction of sp³-hybridized carbons (Fsp3) is 0. The van der Waals surface area contributed by atoms with Gasteiger partial charge in [0.1, 0.15) is 0 Å². The lowest BCUT2D eigenvalue weighted by Gasteiger charge is -2.07. The molecule has 1 aromatic rings. The van der Waals surface area contributed by atoms with Gasteiger partial charge in [0, 0.05) is 0 Å². The van der Waals surface area contributed by atoms with E-state index in [1.165, 1.54) is 0 Å². The van der Waals surface area contributed by atoms with Gasteiger partial charge < -0.3 is 12.9 Å². The molecular weight excluding hydrogens is 282 g/mol. The van der Waals surface area contributed by atoms with Gasteiger partial charge in [0.25, 0.3) is 0 Å². The summed E-state index contributed by atoms with van der Waals surface area (Å²) < 4.78 is 60.7. The zero-order valence-corrected chi connectivity index (χ0v) is 8.74. The third kappa shape index (κ3) is 3.33. The molecule has 0 aromatic heterocycles. The van der Waals surface area contributed by atoms with E-state index in [0.29, 0.717) is 6.08 Å². The molecule has 7 heteroatoms. The number of hydrogen-bond donors (Lipinski definition) is 0. The van der Waals surface area contributed by atoms with Gasteiger partial charge in [-0.15, -0.1) is 5.98 Å². The second-order valence-corrected chi connectivity index (χ2v) is 3.54. The second kappa shape index (κ2) is 4.34. The Hall–Kier alpha value is -0.845. The van der Waals surface area contributed by atoms with E-state index in [-0.39, 0.29) is 16.0 Å². The van der Waals surface area contributed by atoms with Gasteiger partial charge in [-0.05, 0) is 27.6 Å². The molecule has 0 fully saturated rings. The lowest BCUT2D eigenvalue weighted by molar-refractivity contribution is 0.499. The molecule has 0 aliphatic carbocycles. The molecule has 0 saturated carbocycles. The molecule has 0 nitrogen and oxygen atoms in total. The monoisotopic (exact) mass is 285 g/mol. The van der Waals surface area contributed by atoms with E-state index in [0.717, 1.165) is 12.1 Å². The average Bonchev–Trinajstić information content (AvgIpc) is 2.12. The molecule has 0 saturated heterocycles. The minimum atomic E-state index is -5.08. The van der Waals surface area contributed by atoms with Gasteiger partial charge in [0.15, 0.2) is 11.6 Å². The Kier molecular flexibility index (Phi) is 3.54. The highest BCUT2D eigenvalue weighted by Gasteiger charge is 2.18. The van der Waals surface area contributed by atoms with Gasteiger partial charge in [-0.2, -0.15) is 0 Å². The summed E-state index contributed by atoms with van der Waals surface area (Å²) >= 11 is 2.67. The Labute approximate surface area is 91.0 Å². The molecule has 15 heavy (non-hydrogen) atoms. The predicted octanol–water partition coefficient (Wildman–Crippen LogP) is 4.13. The number of benzene rings is 1. The van der Waals surface area contributed by atoms with Crippen LogP contribution in [-0.4, -0.2) is 6.98 Å². The third-order valence-electron chi connectivity index (χ3n) is 1.56. The van der Waals surface area contributed by atoms with Crippen LogP contribution in [0.4, 0.5) is 21.7 Å². The molecular formula is C8H4BBrF5-. The van der Waals surface area contributed by atoms with Gasteiger partial charge in [0.05, 0.1) is 4.47 Å². The SMILES string of the molecule is Fc1ccc(/C=C/[B-](F)(F)F)c(Br)c1F. The quantitative estimate of drug-likeness (QED) is 0.435. The Morgan fingerprint density at radius 2 is 1.73 bits per heavy atom. The highest BCUT2D eigenvalue weighted by atomic mass is 79.9. The molecule has 0 radical (unpaired) electrons. The van der Waals surface area contributed by atoms with Crippen LogP contribution in [0, 0.1) is 11.6 Å². The first-order chi connectivity index (χ1) is 6.81. The van der Waals surface area contributed by atoms with Crippen molar-refractivity contribution < 1.29 is 21.7 Å². The second-order valence-electron chi connectivity index (χ2n) is 2.75. The molecule has 0 bridgehead atoms. The van der Waals surface area contributed by atoms with Crippen LogP contribution in [0.15, 0.2) is 22.6 Å². The van der Waals surface area contributed by atoms with Crippen molar-refractivity contribution in [3.8, 4) is 0 Å². The zero-order chi connectivity index (χ0) is 11.6. The molecule has 0 aliphatic heterocycles. The minimum Gasteiger partial charge on any atom is -0.445 e. The van der Waals surface area contributed by atoms with E-state index in [1.54, 1.807) is 0 Å². The summed E-state index contributed by atoms with van der Waals surface area (Å²) in [4.78, 5) is 0. The molecule has 0 heterocycles. The highest BCUT2D eigenvalue weighted by Crippen LogP contribution is 2.25. The average molecular weight is 286 g/mol. The molecule has 0 aliphatic rings. The summed E-state index contributed by atoms with van der Waals surface area (Å²) in [5.41, 5.74) is -0.0619. The maximum Gasteiger partial charge on any atom is 0.502 e. The summed E-state index contributed by atoms with van der Waals surface area (Å²) in [6.07, 6.45) is 0.687. The van der Waals surface area contributed by atoms with Crippen LogP contribution in [0.5, 0.6) is 0 Å². The van der Waals surface area contributed by atoms with Gasteiger partial charge >= 0.3 is 6.98 Å². The lowest BCUT2D eigenvalue weighted by Crippen LogP contribution is -2.09. The third-order valence-corrected chi connectivity index (χ3v) is 2.37. The standard InChI is InChI=1S/C8H4BBrF5/c10-7-5(3-4-9(13,14)15)1-2-6(11)8(7)12/h1-4H/q-1/b4-3+. The van der Waals surface area contributed by atoms with Crippen molar-refractivity contribution in [1.82, 2.24) is 0 Å². The van der Waals surface area contributed by atoms with Crippen LogP contribution < -0.4 is 0 Å². The maximum absolute atomic E-state index is 12.9. The van der Waals surface area contributed by atoms with Crippen molar-refractivity contribution in [2.45, 2.75) is 0 Å². The fourth-order valence-electron chi connectivity index (χ4n) is 0.882. The Bertz CT molecular complexity index is 399. The van der Waals surface area contributed by atoms with E-state index in [2.05, 4.69) is 15.9 Å². The number of halogens is 6. The first-order valence-corrected chi connectivity index (χ1v) is 4.63. The molecule has 0 spiro atoms. The normalized spacial score (nSPS) is 12.4. The van der Waals surface area contributed by atoms with Crippen LogP contribution in [0.2, 0.25) is 0 Å². The van der Waals surface area contributed by atoms with Crippen LogP contribution in [-0.2, 0) is 0 Å². The number of hydrogen-bond acceptors (Lipinski definition) is 0. The van der Waals surface area contributed by atoms with E-state index in [9.17, 15) is 21.7 Å². The van der Waals surface area contributed by atoms with Gasteiger partial charge in [0.2, 0.25) is 0 Å². The van der Waals surface area contributed by atoms with E-state index >= 15 is 0 Å². The first-order valence-electron chi connectivity index (χ1n) is 3.84. The van der Waals surface area contributed by atoms with Crippen LogP contribution >= 0.6 is 15.9 Å². The largest absolute Gasteiger partial charge is 0.502 e. The Morgan fingerprint density at radius 3 is 2.27 bits per heavy atom. The molecule has 1 aromatic carbocycles. The van der Waals surface area contributed by atoms with Gasteiger partial charge in [-0.25, -0.2) is 8.78 Å². The molecule has 0 amide bonds. The van der Waals surface area contributed by atoms with Gasteiger partial charge in [-0.1, -0.05) is 12.1 Å². The predicted molar refractivity (Wildman–Crippen MR) is 52.2 cm³/mol. The Morgan fingerprint density at radius 1 is 1.13 bits per heavy atom. The maximum atomic E-state index is 12.9. The van der Waals surface area contributed by atoms with Crippen LogP contribution in [0.3, 0.4) is 0 Å². The lowest BCUT2D eigenvalue weighted by atomic mass is 9.90. The highest BCUT2D eigenvalue weighted by molar-refractivity contribution is 9.10. The van der Waals surface area contributed by atoms with Crippen molar-refractivity contribution in [2.75, 3.05) is 0 Å². The van der Waals surface area contributed by atoms with Crippen LogP contribution in [0.1, 0.15) is 5.56 Å². The summed E-state index contributed by atoms with van der Waals surface area (Å²) in [7, 11) is 0. The minimum absolute atomic E-state index is 0.0113. The van der Waals surface area contributed by atoms with Crippen molar-refractivity contribution in [2.24, 2.45) is 0 Å². The summed E-state index contributed by atoms with van der Waals surface area (Å²) in [6.45, 7) is -5.08. The van der Waals surface area contributed by atoms with Crippen molar-refractivity contribution in [3.05, 3.63) is 39.8 Å². The van der Waals surface area contributed by atoms with Crippen LogP contribution in [0.25, 0.3) is 6.08 Å². The summed E-state index contributed by atoms with van der Waals surface area (Å²) in [5, 5.41) is 0. The topological polar surface area (TPSA) is 0 Å². The van der Waals surface area contributed by atoms with E-state index in [4.69, 9.17) is 0 Å². The summed E-state index contributed by atoms with van der Waals surface area (Å²) in [5.74, 6) is -2.30. The molecule has 0 unspecified atom stereocenters. The molecule has 0 atom stereocenters. The molecule has 82 valence electrons. The smallest absolute Gasteiger partial charge is 0.445 e. The van der Waals surface area contributed by atoms with Crippen molar-refractivity contribution in [1.29, 1.82) is 0 Å². The van der Waals surface area contributed by atoms with Crippen molar-refractivity contribution in [3.63, 3.8) is 0 Å². The first kappa shape index (κ1) is 12.2. The molecule has 1 rings (SSSR count). The van der Waals surface area contributed by atoms with Crippen molar-refractivity contribution >= 4 is 29.0 Å². The zero-order valence-electron chi connectivity index (χ0n) is 7.15. The van der Waals surface area contributed by atoms with E-state index in [1.807, 2.05) is 0 Å². The molecule has 0 N–H and O–H groups in total. The summed E-state index contributed by atoms with van der Waals surface area (Å²) in [6, 6.07) is 1.82. The van der Waals surface area contributed by atoms with E-state index < -0.39 is 18.6 Å². The Balaban J connectivity index is 3.08. The fourth-order valence-corrected chi connectivity index (χ4v) is 1.34. The number of rotatable bonds is 2. The van der Waals surface area contributed by atoms with Gasteiger partial charge in [-0.3, -0.25) is 0 Å².